The van der Waals surface area contributed by atoms with Gasteiger partial charge in [-0.05, 0) is 58.9 Å². The molecule has 1 saturated heterocycles. The van der Waals surface area contributed by atoms with E-state index < -0.39 is 17.8 Å². The van der Waals surface area contributed by atoms with Crippen LogP contribution >= 0.6 is 22.6 Å². The lowest BCUT2D eigenvalue weighted by atomic mass is 10.2. The predicted molar refractivity (Wildman–Crippen MR) is 107 cm³/mol. The van der Waals surface area contributed by atoms with Crippen LogP contribution in [-0.2, 0) is 9.59 Å². The summed E-state index contributed by atoms with van der Waals surface area (Å²) in [6.07, 6.45) is 1.61. The number of benzene rings is 2. The minimum atomic E-state index is -0.605. The quantitative estimate of drug-likeness (QED) is 0.418. The molecule has 0 atom stereocenters. The molecule has 0 aromatic heterocycles. The molecule has 1 aliphatic heterocycles. The highest BCUT2D eigenvalue weighted by molar-refractivity contribution is 14.1. The number of hydrogen-bond acceptors (Lipinski definition) is 3. The molecule has 1 heterocycles. The van der Waals surface area contributed by atoms with Crippen LogP contribution in [0.15, 0.2) is 54.2 Å². The lowest BCUT2D eigenvalue weighted by Crippen LogP contribution is -2.38. The Balaban J connectivity index is 1.72. The summed E-state index contributed by atoms with van der Waals surface area (Å²) < 4.78 is 0.954. The van der Waals surface area contributed by atoms with Crippen molar-refractivity contribution in [2.45, 2.75) is 6.92 Å². The molecular formula is C19H16IN3O3. The zero-order valence-electron chi connectivity index (χ0n) is 14.0. The number of nitrogens with zero attached hydrogens (tertiary/aromatic N) is 1. The number of rotatable bonds is 4. The van der Waals surface area contributed by atoms with E-state index >= 15 is 0 Å². The van der Waals surface area contributed by atoms with E-state index in [-0.39, 0.29) is 12.2 Å². The molecular weight excluding hydrogens is 445 g/mol. The standard InChI is InChI=1S/C19H16IN3O3/c1-12-6-2-5-9-15(12)21-17(24)11-23-18(25)16(22-19(23)26)10-13-7-3-4-8-14(13)20/h2-10H,11H2,1H3,(H,21,24)(H,22,26). The van der Waals surface area contributed by atoms with Crippen molar-refractivity contribution >= 4 is 52.2 Å². The van der Waals surface area contributed by atoms with E-state index in [2.05, 4.69) is 33.2 Å². The molecule has 0 aliphatic carbocycles. The van der Waals surface area contributed by atoms with Gasteiger partial charge in [-0.15, -0.1) is 0 Å². The van der Waals surface area contributed by atoms with Crippen LogP contribution in [0.2, 0.25) is 0 Å². The molecule has 2 aromatic carbocycles. The Morgan fingerprint density at radius 3 is 2.58 bits per heavy atom. The number of aryl methyl sites for hydroxylation is 1. The fourth-order valence-electron chi connectivity index (χ4n) is 2.51. The molecule has 3 rings (SSSR count). The van der Waals surface area contributed by atoms with Gasteiger partial charge in [0.15, 0.2) is 0 Å². The smallest absolute Gasteiger partial charge is 0.324 e. The molecule has 7 heteroatoms. The fourth-order valence-corrected chi connectivity index (χ4v) is 3.05. The maximum absolute atomic E-state index is 12.5. The third-order valence-electron chi connectivity index (χ3n) is 3.89. The van der Waals surface area contributed by atoms with Crippen molar-refractivity contribution in [3.8, 4) is 0 Å². The van der Waals surface area contributed by atoms with Crippen molar-refractivity contribution < 1.29 is 14.4 Å². The molecule has 0 spiro atoms. The summed E-state index contributed by atoms with van der Waals surface area (Å²) in [5.41, 5.74) is 2.53. The van der Waals surface area contributed by atoms with E-state index in [1.54, 1.807) is 18.2 Å². The summed E-state index contributed by atoms with van der Waals surface area (Å²) in [5, 5.41) is 5.24. The zero-order valence-corrected chi connectivity index (χ0v) is 16.1. The zero-order chi connectivity index (χ0) is 18.7. The molecule has 0 saturated carbocycles. The third kappa shape index (κ3) is 3.93. The summed E-state index contributed by atoms with van der Waals surface area (Å²) >= 11 is 2.15. The average molecular weight is 461 g/mol. The Morgan fingerprint density at radius 2 is 1.85 bits per heavy atom. The monoisotopic (exact) mass is 461 g/mol. The summed E-state index contributed by atoms with van der Waals surface area (Å²) in [5.74, 6) is -0.951. The van der Waals surface area contributed by atoms with E-state index in [1.807, 2.05) is 43.3 Å². The molecule has 2 aromatic rings. The van der Waals surface area contributed by atoms with Gasteiger partial charge in [0.2, 0.25) is 5.91 Å². The fraction of sp³-hybridized carbons (Fsp3) is 0.105. The van der Waals surface area contributed by atoms with E-state index in [1.165, 1.54) is 0 Å². The van der Waals surface area contributed by atoms with Gasteiger partial charge in [-0.3, -0.25) is 9.59 Å². The van der Waals surface area contributed by atoms with Crippen LogP contribution in [0, 0.1) is 10.5 Å². The number of hydrogen-bond donors (Lipinski definition) is 2. The second-order valence-corrected chi connectivity index (χ2v) is 6.93. The van der Waals surface area contributed by atoms with Gasteiger partial charge in [-0.2, -0.15) is 0 Å². The second-order valence-electron chi connectivity index (χ2n) is 5.76. The van der Waals surface area contributed by atoms with Crippen LogP contribution in [0.1, 0.15) is 11.1 Å². The van der Waals surface area contributed by atoms with Gasteiger partial charge >= 0.3 is 6.03 Å². The number of para-hydroxylation sites is 1. The van der Waals surface area contributed by atoms with Gasteiger partial charge in [-0.1, -0.05) is 36.4 Å². The molecule has 1 fully saturated rings. The van der Waals surface area contributed by atoms with Crippen LogP contribution in [0.3, 0.4) is 0 Å². The lowest BCUT2D eigenvalue weighted by molar-refractivity contribution is -0.127. The Kier molecular flexibility index (Phi) is 5.36. The van der Waals surface area contributed by atoms with Crippen molar-refractivity contribution in [1.82, 2.24) is 10.2 Å². The molecule has 26 heavy (non-hydrogen) atoms. The van der Waals surface area contributed by atoms with Crippen LogP contribution in [0.4, 0.5) is 10.5 Å². The maximum atomic E-state index is 12.5. The topological polar surface area (TPSA) is 78.5 Å². The largest absolute Gasteiger partial charge is 0.329 e. The minimum Gasteiger partial charge on any atom is -0.324 e. The number of anilines is 1. The number of amides is 4. The normalized spacial score (nSPS) is 15.3. The van der Waals surface area contributed by atoms with E-state index in [0.717, 1.165) is 19.6 Å². The average Bonchev–Trinajstić information content (AvgIpc) is 2.86. The lowest BCUT2D eigenvalue weighted by Gasteiger charge is -2.13. The predicted octanol–water partition coefficient (Wildman–Crippen LogP) is 3.13. The van der Waals surface area contributed by atoms with Crippen molar-refractivity contribution in [2.75, 3.05) is 11.9 Å². The summed E-state index contributed by atoms with van der Waals surface area (Å²) in [6, 6.07) is 14.2. The molecule has 1 aliphatic rings. The van der Waals surface area contributed by atoms with Gasteiger partial charge in [0.25, 0.3) is 5.91 Å². The molecule has 132 valence electrons. The Bertz CT molecular complexity index is 924. The van der Waals surface area contributed by atoms with E-state index in [4.69, 9.17) is 0 Å². The Morgan fingerprint density at radius 1 is 1.15 bits per heavy atom. The van der Waals surface area contributed by atoms with Crippen molar-refractivity contribution in [3.05, 3.63) is 68.9 Å². The van der Waals surface area contributed by atoms with Gasteiger partial charge in [0, 0.05) is 9.26 Å². The number of nitrogens with one attached hydrogen (secondary N) is 2. The first-order valence-corrected chi connectivity index (χ1v) is 8.98. The summed E-state index contributed by atoms with van der Waals surface area (Å²) in [4.78, 5) is 37.7. The molecule has 0 unspecified atom stereocenters. The second kappa shape index (κ2) is 7.69. The molecule has 4 amide bonds. The SMILES string of the molecule is Cc1ccccc1NC(=O)CN1C(=O)NC(=Cc2ccccc2I)C1=O. The molecule has 6 nitrogen and oxygen atoms in total. The molecule has 0 radical (unpaired) electrons. The van der Waals surface area contributed by atoms with Crippen molar-refractivity contribution in [2.24, 2.45) is 0 Å². The van der Waals surface area contributed by atoms with Crippen molar-refractivity contribution in [3.63, 3.8) is 0 Å². The number of carbonyl (C=O) groups is 3. The molecule has 2 N–H and O–H groups in total. The number of carbonyl (C=O) groups excluding carboxylic acids is 3. The van der Waals surface area contributed by atoms with Crippen LogP contribution in [0.25, 0.3) is 6.08 Å². The number of imide groups is 1. The first-order chi connectivity index (χ1) is 12.5. The summed E-state index contributed by atoms with van der Waals surface area (Å²) in [6.45, 7) is 1.52. The highest BCUT2D eigenvalue weighted by atomic mass is 127. The summed E-state index contributed by atoms with van der Waals surface area (Å²) in [7, 11) is 0. The Labute approximate surface area is 164 Å². The van der Waals surface area contributed by atoms with E-state index in [0.29, 0.717) is 5.69 Å². The van der Waals surface area contributed by atoms with E-state index in [9.17, 15) is 14.4 Å². The third-order valence-corrected chi connectivity index (χ3v) is 4.87. The van der Waals surface area contributed by atoms with Crippen LogP contribution < -0.4 is 10.6 Å². The highest BCUT2D eigenvalue weighted by Gasteiger charge is 2.35. The minimum absolute atomic E-state index is 0.155. The highest BCUT2D eigenvalue weighted by Crippen LogP contribution is 2.19. The number of halogens is 1. The number of urea groups is 1. The van der Waals surface area contributed by atoms with Crippen molar-refractivity contribution in [1.29, 1.82) is 0 Å². The Hall–Kier alpha value is -2.68. The van der Waals surface area contributed by atoms with Gasteiger partial charge < -0.3 is 10.6 Å². The first-order valence-electron chi connectivity index (χ1n) is 7.90. The van der Waals surface area contributed by atoms with Crippen LogP contribution in [0.5, 0.6) is 0 Å². The van der Waals surface area contributed by atoms with Gasteiger partial charge in [0.1, 0.15) is 12.2 Å². The van der Waals surface area contributed by atoms with Crippen LogP contribution in [-0.4, -0.2) is 29.3 Å². The first kappa shape index (κ1) is 18.1. The van der Waals surface area contributed by atoms with Gasteiger partial charge in [0.05, 0.1) is 0 Å². The molecule has 0 bridgehead atoms. The van der Waals surface area contributed by atoms with Gasteiger partial charge in [-0.25, -0.2) is 9.69 Å². The maximum Gasteiger partial charge on any atom is 0.329 e.